The van der Waals surface area contributed by atoms with Crippen LogP contribution in [0, 0.1) is 5.92 Å². The van der Waals surface area contributed by atoms with Crippen LogP contribution in [0.2, 0.25) is 0 Å². The molecule has 4 nitrogen and oxygen atoms in total. The normalized spacial score (nSPS) is 34.4. The average Bonchev–Trinajstić information content (AvgIpc) is 2.44. The maximum absolute atomic E-state index is 11.2. The van der Waals surface area contributed by atoms with Gasteiger partial charge in [-0.15, -0.1) is 0 Å². The van der Waals surface area contributed by atoms with Gasteiger partial charge in [0.05, 0.1) is 5.92 Å². The van der Waals surface area contributed by atoms with Crippen LogP contribution in [0.1, 0.15) is 19.8 Å². The second kappa shape index (κ2) is 5.00. The number of thioether (sulfide) groups is 1. The van der Waals surface area contributed by atoms with Crippen molar-refractivity contribution in [3.05, 3.63) is 0 Å². The van der Waals surface area contributed by atoms with Gasteiger partial charge in [-0.1, -0.05) is 13.3 Å². The van der Waals surface area contributed by atoms with Gasteiger partial charge in [0, 0.05) is 23.1 Å². The molecule has 0 aromatic rings. The minimum Gasteiger partial charge on any atom is -0.369 e. The Morgan fingerprint density at radius 1 is 1.57 bits per heavy atom. The van der Waals surface area contributed by atoms with Crippen LogP contribution in [-0.2, 0) is 4.79 Å². The van der Waals surface area contributed by atoms with Gasteiger partial charge in [0.15, 0.2) is 0 Å². The fourth-order valence-corrected chi connectivity index (χ4v) is 3.45. The zero-order chi connectivity index (χ0) is 10.7. The van der Waals surface area contributed by atoms with E-state index in [2.05, 4.69) is 0 Å². The maximum atomic E-state index is 11.2. The monoisotopic (exact) mass is 217 g/mol. The molecule has 0 bridgehead atoms. The first-order chi connectivity index (χ1) is 6.57. The van der Waals surface area contributed by atoms with Crippen molar-refractivity contribution < 1.29 is 4.79 Å². The molecular weight excluding hydrogens is 198 g/mol. The van der Waals surface area contributed by atoms with Gasteiger partial charge >= 0.3 is 0 Å². The second-order valence-electron chi connectivity index (χ2n) is 3.84. The van der Waals surface area contributed by atoms with Gasteiger partial charge in [-0.2, -0.15) is 11.8 Å². The first kappa shape index (κ1) is 11.8. The van der Waals surface area contributed by atoms with E-state index in [1.54, 1.807) is 11.8 Å². The smallest absolute Gasteiger partial charge is 0.221 e. The first-order valence-corrected chi connectivity index (χ1v) is 6.04. The van der Waals surface area contributed by atoms with Crippen LogP contribution in [0.25, 0.3) is 0 Å². The lowest BCUT2D eigenvalue weighted by molar-refractivity contribution is -0.122. The molecule has 4 atom stereocenters. The molecule has 4 unspecified atom stereocenters. The number of carbonyl (C=O) groups is 1. The molecule has 14 heavy (non-hydrogen) atoms. The quantitative estimate of drug-likeness (QED) is 0.600. The summed E-state index contributed by atoms with van der Waals surface area (Å²) in [6.07, 6.45) is 1.76. The molecule has 5 heteroatoms. The van der Waals surface area contributed by atoms with Gasteiger partial charge in [-0.25, -0.2) is 0 Å². The Kier molecular flexibility index (Phi) is 4.22. The standard InChI is InChI=1S/C9H19N3OS/c1-2-3-5(9(12)13)8-7(11)6(10)4-14-8/h5-8H,2-4,10-11H2,1H3,(H2,12,13). The molecule has 1 saturated heterocycles. The van der Waals surface area contributed by atoms with Crippen LogP contribution < -0.4 is 17.2 Å². The van der Waals surface area contributed by atoms with Gasteiger partial charge < -0.3 is 17.2 Å². The Labute approximate surface area is 89.0 Å². The van der Waals surface area contributed by atoms with Crippen LogP contribution in [-0.4, -0.2) is 29.0 Å². The molecular formula is C9H19N3OS. The van der Waals surface area contributed by atoms with Crippen molar-refractivity contribution in [1.29, 1.82) is 0 Å². The summed E-state index contributed by atoms with van der Waals surface area (Å²) in [5.41, 5.74) is 17.1. The predicted octanol–water partition coefficient (Wildman–Crippen LogP) is -0.342. The van der Waals surface area contributed by atoms with Crippen LogP contribution >= 0.6 is 11.8 Å². The molecule has 1 amide bonds. The van der Waals surface area contributed by atoms with E-state index in [0.29, 0.717) is 0 Å². The molecule has 82 valence electrons. The van der Waals surface area contributed by atoms with E-state index >= 15 is 0 Å². The molecule has 1 aliphatic heterocycles. The highest BCUT2D eigenvalue weighted by Crippen LogP contribution is 2.32. The van der Waals surface area contributed by atoms with E-state index < -0.39 is 0 Å². The number of carbonyl (C=O) groups excluding carboxylic acids is 1. The van der Waals surface area contributed by atoms with E-state index in [1.807, 2.05) is 6.92 Å². The van der Waals surface area contributed by atoms with Crippen molar-refractivity contribution in [3.8, 4) is 0 Å². The first-order valence-electron chi connectivity index (χ1n) is 5.00. The molecule has 0 spiro atoms. The minimum absolute atomic E-state index is 0.00343. The third-order valence-corrected chi connectivity index (χ3v) is 4.32. The van der Waals surface area contributed by atoms with E-state index in [4.69, 9.17) is 17.2 Å². The van der Waals surface area contributed by atoms with Crippen molar-refractivity contribution in [2.75, 3.05) is 5.75 Å². The third kappa shape index (κ3) is 2.40. The molecule has 0 aromatic carbocycles. The Morgan fingerprint density at radius 3 is 2.57 bits per heavy atom. The molecule has 0 aliphatic carbocycles. The summed E-state index contributed by atoms with van der Waals surface area (Å²) >= 11 is 1.68. The Balaban J connectivity index is 2.64. The van der Waals surface area contributed by atoms with E-state index in [0.717, 1.165) is 18.6 Å². The van der Waals surface area contributed by atoms with Crippen molar-refractivity contribution in [3.63, 3.8) is 0 Å². The predicted molar refractivity (Wildman–Crippen MR) is 59.8 cm³/mol. The molecule has 6 N–H and O–H groups in total. The zero-order valence-corrected chi connectivity index (χ0v) is 9.30. The molecule has 1 aliphatic rings. The van der Waals surface area contributed by atoms with Crippen LogP contribution in [0.15, 0.2) is 0 Å². The van der Waals surface area contributed by atoms with Crippen molar-refractivity contribution in [2.45, 2.75) is 37.1 Å². The van der Waals surface area contributed by atoms with E-state index in [-0.39, 0.29) is 29.2 Å². The van der Waals surface area contributed by atoms with Gasteiger partial charge in [-0.3, -0.25) is 4.79 Å². The molecule has 1 rings (SSSR count). The van der Waals surface area contributed by atoms with E-state index in [1.165, 1.54) is 0 Å². The number of amides is 1. The summed E-state index contributed by atoms with van der Waals surface area (Å²) in [4.78, 5) is 11.2. The number of hydrogen-bond donors (Lipinski definition) is 3. The van der Waals surface area contributed by atoms with Crippen molar-refractivity contribution in [1.82, 2.24) is 0 Å². The highest BCUT2D eigenvalue weighted by Gasteiger charge is 2.38. The van der Waals surface area contributed by atoms with Gasteiger partial charge in [0.1, 0.15) is 0 Å². The number of hydrogen-bond acceptors (Lipinski definition) is 4. The lowest BCUT2D eigenvalue weighted by Gasteiger charge is -2.24. The van der Waals surface area contributed by atoms with Gasteiger partial charge in [-0.05, 0) is 6.42 Å². The highest BCUT2D eigenvalue weighted by molar-refractivity contribution is 8.00. The molecule has 0 aromatic heterocycles. The largest absolute Gasteiger partial charge is 0.369 e. The van der Waals surface area contributed by atoms with Gasteiger partial charge in [0.25, 0.3) is 0 Å². The van der Waals surface area contributed by atoms with Gasteiger partial charge in [0.2, 0.25) is 5.91 Å². The van der Waals surface area contributed by atoms with Crippen LogP contribution in [0.5, 0.6) is 0 Å². The molecule has 1 heterocycles. The summed E-state index contributed by atoms with van der Waals surface area (Å²) in [5, 5.41) is 0.113. The summed E-state index contributed by atoms with van der Waals surface area (Å²) in [6.45, 7) is 2.04. The average molecular weight is 217 g/mol. The lowest BCUT2D eigenvalue weighted by Crippen LogP contribution is -2.48. The summed E-state index contributed by atoms with van der Waals surface area (Å²) in [5.74, 6) is 0.474. The third-order valence-electron chi connectivity index (χ3n) is 2.72. The fraction of sp³-hybridized carbons (Fsp3) is 0.889. The fourth-order valence-electron chi connectivity index (χ4n) is 1.85. The lowest BCUT2D eigenvalue weighted by atomic mass is 9.92. The summed E-state index contributed by atoms with van der Waals surface area (Å²) < 4.78 is 0. The number of primary amides is 1. The number of nitrogens with two attached hydrogens (primary N) is 3. The Hall–Kier alpha value is -0.260. The topological polar surface area (TPSA) is 95.1 Å². The highest BCUT2D eigenvalue weighted by atomic mass is 32.2. The molecule has 0 saturated carbocycles. The molecule has 0 radical (unpaired) electrons. The zero-order valence-electron chi connectivity index (χ0n) is 8.48. The van der Waals surface area contributed by atoms with E-state index in [9.17, 15) is 4.79 Å². The Bertz CT molecular complexity index is 212. The maximum Gasteiger partial charge on any atom is 0.221 e. The second-order valence-corrected chi connectivity index (χ2v) is 5.05. The van der Waals surface area contributed by atoms with Crippen molar-refractivity contribution >= 4 is 17.7 Å². The number of rotatable bonds is 4. The molecule has 1 fully saturated rings. The van der Waals surface area contributed by atoms with Crippen LogP contribution in [0.4, 0.5) is 0 Å². The summed E-state index contributed by atoms with van der Waals surface area (Å²) in [7, 11) is 0. The van der Waals surface area contributed by atoms with Crippen LogP contribution in [0.3, 0.4) is 0 Å². The Morgan fingerprint density at radius 2 is 2.21 bits per heavy atom. The SMILES string of the molecule is CCCC(C(N)=O)C1SCC(N)C1N. The van der Waals surface area contributed by atoms with Crippen molar-refractivity contribution in [2.24, 2.45) is 23.1 Å². The summed E-state index contributed by atoms with van der Waals surface area (Å²) in [6, 6.07) is -0.0900. The minimum atomic E-state index is -0.242.